The van der Waals surface area contributed by atoms with Crippen LogP contribution in [0, 0.1) is 11.7 Å². The molecular weight excluding hydrogens is 293 g/mol. The van der Waals surface area contributed by atoms with Crippen molar-refractivity contribution in [1.82, 2.24) is 0 Å². The van der Waals surface area contributed by atoms with Crippen LogP contribution in [0.5, 0.6) is 0 Å². The third-order valence-corrected chi connectivity index (χ3v) is 4.03. The van der Waals surface area contributed by atoms with Gasteiger partial charge in [0.05, 0.1) is 0 Å². The molecule has 1 saturated carbocycles. The molecule has 0 N–H and O–H groups in total. The molecule has 1 aliphatic rings. The Morgan fingerprint density at radius 1 is 1.39 bits per heavy atom. The fourth-order valence-corrected chi connectivity index (χ4v) is 2.67. The van der Waals surface area contributed by atoms with Crippen LogP contribution < -0.4 is 4.90 Å². The lowest BCUT2D eigenvalue weighted by Crippen LogP contribution is -2.28. The van der Waals surface area contributed by atoms with Gasteiger partial charge in [-0.25, -0.2) is 4.39 Å². The molecule has 1 fully saturated rings. The lowest BCUT2D eigenvalue weighted by Gasteiger charge is -2.27. The van der Waals surface area contributed by atoms with Crippen molar-refractivity contribution >= 4 is 21.6 Å². The van der Waals surface area contributed by atoms with Gasteiger partial charge in [-0.2, -0.15) is 0 Å². The number of nitrogens with zero attached hydrogens (tertiary/aromatic N) is 1. The monoisotopic (exact) mass is 313 g/mol. The van der Waals surface area contributed by atoms with E-state index in [0.29, 0.717) is 17.3 Å². The summed E-state index contributed by atoms with van der Waals surface area (Å²) in [6.07, 6.45) is 3.74. The fraction of sp³-hybridized carbons (Fsp3) is 0.600. The quantitative estimate of drug-likeness (QED) is 0.686. The van der Waals surface area contributed by atoms with Gasteiger partial charge in [-0.3, -0.25) is 0 Å². The van der Waals surface area contributed by atoms with Crippen molar-refractivity contribution < 1.29 is 4.39 Å². The van der Waals surface area contributed by atoms with E-state index in [1.165, 1.54) is 24.9 Å². The van der Waals surface area contributed by atoms with Crippen LogP contribution in [0.4, 0.5) is 10.1 Å². The average molecular weight is 314 g/mol. The molecular formula is C15H21BrFN. The zero-order chi connectivity index (χ0) is 13.1. The molecule has 0 aliphatic heterocycles. The number of hydrogen-bond donors (Lipinski definition) is 0. The molecule has 0 spiro atoms. The number of alkyl halides is 1. The van der Waals surface area contributed by atoms with Gasteiger partial charge in [-0.15, -0.1) is 0 Å². The first-order valence-electron chi connectivity index (χ1n) is 6.73. The van der Waals surface area contributed by atoms with Crippen LogP contribution in [0.2, 0.25) is 0 Å². The molecule has 0 aromatic heterocycles. The Labute approximate surface area is 118 Å². The average Bonchev–Trinajstić information content (AvgIpc) is 3.15. The van der Waals surface area contributed by atoms with E-state index in [0.717, 1.165) is 12.1 Å². The van der Waals surface area contributed by atoms with Crippen molar-refractivity contribution in [2.24, 2.45) is 5.92 Å². The van der Waals surface area contributed by atoms with Crippen LogP contribution in [0.15, 0.2) is 18.2 Å². The Kier molecular flexibility index (Phi) is 4.66. The highest BCUT2D eigenvalue weighted by atomic mass is 79.9. The highest BCUT2D eigenvalue weighted by molar-refractivity contribution is 9.08. The number of benzene rings is 1. The van der Waals surface area contributed by atoms with Crippen molar-refractivity contribution in [2.45, 2.75) is 44.5 Å². The van der Waals surface area contributed by atoms with Crippen molar-refractivity contribution in [3.05, 3.63) is 29.6 Å². The molecule has 0 radical (unpaired) electrons. The predicted molar refractivity (Wildman–Crippen MR) is 78.9 cm³/mol. The van der Waals surface area contributed by atoms with Crippen LogP contribution in [0.25, 0.3) is 0 Å². The molecule has 1 nitrogen and oxygen atoms in total. The molecule has 3 heteroatoms. The molecule has 0 amide bonds. The molecule has 2 rings (SSSR count). The number of anilines is 1. The van der Waals surface area contributed by atoms with Gasteiger partial charge in [0.15, 0.2) is 0 Å². The second-order valence-corrected chi connectivity index (χ2v) is 6.07. The summed E-state index contributed by atoms with van der Waals surface area (Å²) in [5.41, 5.74) is 2.27. The van der Waals surface area contributed by atoms with Gasteiger partial charge in [0.25, 0.3) is 0 Å². The minimum Gasteiger partial charge on any atom is -0.368 e. The van der Waals surface area contributed by atoms with E-state index in [2.05, 4.69) is 34.7 Å². The summed E-state index contributed by atoms with van der Waals surface area (Å²) in [6, 6.07) is 5.83. The van der Waals surface area contributed by atoms with Gasteiger partial charge in [0.1, 0.15) is 5.82 Å². The largest absolute Gasteiger partial charge is 0.368 e. The van der Waals surface area contributed by atoms with E-state index in [1.807, 2.05) is 6.07 Å². The summed E-state index contributed by atoms with van der Waals surface area (Å²) in [6.45, 7) is 5.58. The summed E-state index contributed by atoms with van der Waals surface area (Å²) in [5, 5.41) is 0.713. The second kappa shape index (κ2) is 6.05. The van der Waals surface area contributed by atoms with E-state index in [4.69, 9.17) is 0 Å². The summed E-state index contributed by atoms with van der Waals surface area (Å²) >= 11 is 3.47. The van der Waals surface area contributed by atoms with Gasteiger partial charge < -0.3 is 4.90 Å². The number of halogens is 2. The maximum absolute atomic E-state index is 13.3. The van der Waals surface area contributed by atoms with Crippen LogP contribution in [-0.4, -0.2) is 12.6 Å². The third kappa shape index (κ3) is 3.47. The lowest BCUT2D eigenvalue weighted by molar-refractivity contribution is 0.569. The Morgan fingerprint density at radius 3 is 2.67 bits per heavy atom. The zero-order valence-corrected chi connectivity index (χ0v) is 12.7. The van der Waals surface area contributed by atoms with E-state index in [1.54, 1.807) is 12.1 Å². The Hall–Kier alpha value is -0.570. The second-order valence-electron chi connectivity index (χ2n) is 5.51. The van der Waals surface area contributed by atoms with E-state index < -0.39 is 0 Å². The van der Waals surface area contributed by atoms with Crippen LogP contribution >= 0.6 is 15.9 Å². The normalized spacial score (nSPS) is 15.2. The molecule has 1 aromatic rings. The fourth-order valence-electron chi connectivity index (χ4n) is 2.22. The van der Waals surface area contributed by atoms with Crippen molar-refractivity contribution in [1.29, 1.82) is 0 Å². The van der Waals surface area contributed by atoms with Crippen molar-refractivity contribution in [3.8, 4) is 0 Å². The van der Waals surface area contributed by atoms with Gasteiger partial charge in [-0.1, -0.05) is 29.8 Å². The van der Waals surface area contributed by atoms with Gasteiger partial charge >= 0.3 is 0 Å². The Morgan fingerprint density at radius 2 is 2.11 bits per heavy atom. The molecule has 0 saturated heterocycles. The third-order valence-electron chi connectivity index (χ3n) is 3.43. The molecule has 0 atom stereocenters. The maximum atomic E-state index is 13.3. The summed E-state index contributed by atoms with van der Waals surface area (Å²) in [4.78, 5) is 2.47. The Bertz CT molecular complexity index is 401. The molecule has 1 aliphatic carbocycles. The first kappa shape index (κ1) is 13.9. The van der Waals surface area contributed by atoms with Crippen LogP contribution in [0.1, 0.15) is 38.7 Å². The van der Waals surface area contributed by atoms with Gasteiger partial charge in [0, 0.05) is 23.6 Å². The van der Waals surface area contributed by atoms with E-state index >= 15 is 0 Å². The summed E-state index contributed by atoms with van der Waals surface area (Å²) < 4.78 is 13.3. The van der Waals surface area contributed by atoms with E-state index in [-0.39, 0.29) is 5.82 Å². The molecule has 0 unspecified atom stereocenters. The van der Waals surface area contributed by atoms with Crippen molar-refractivity contribution in [2.75, 3.05) is 11.4 Å². The maximum Gasteiger partial charge on any atom is 0.123 e. The topological polar surface area (TPSA) is 3.24 Å². The standard InChI is InChI=1S/C15H21BrFN/c1-11(2)7-8-18(14-4-5-14)15-6-3-13(17)9-12(15)10-16/h3,6,9,11,14H,4-5,7-8,10H2,1-2H3. The number of hydrogen-bond acceptors (Lipinski definition) is 1. The van der Waals surface area contributed by atoms with Gasteiger partial charge in [-0.05, 0) is 48.9 Å². The SMILES string of the molecule is CC(C)CCN(c1ccc(F)cc1CBr)C1CC1. The molecule has 100 valence electrons. The first-order valence-corrected chi connectivity index (χ1v) is 7.85. The minimum absolute atomic E-state index is 0.146. The Balaban J connectivity index is 2.19. The molecule has 1 aromatic carbocycles. The summed E-state index contributed by atoms with van der Waals surface area (Å²) in [7, 11) is 0. The highest BCUT2D eigenvalue weighted by Gasteiger charge is 2.30. The van der Waals surface area contributed by atoms with Gasteiger partial charge in [0.2, 0.25) is 0 Å². The van der Waals surface area contributed by atoms with Crippen LogP contribution in [0.3, 0.4) is 0 Å². The van der Waals surface area contributed by atoms with E-state index in [9.17, 15) is 4.39 Å². The predicted octanol–water partition coefficient (Wildman–Crippen LogP) is 4.74. The van der Waals surface area contributed by atoms with Crippen molar-refractivity contribution in [3.63, 3.8) is 0 Å². The zero-order valence-electron chi connectivity index (χ0n) is 11.1. The highest BCUT2D eigenvalue weighted by Crippen LogP contribution is 2.35. The van der Waals surface area contributed by atoms with Crippen LogP contribution in [-0.2, 0) is 5.33 Å². The molecule has 0 heterocycles. The molecule has 0 bridgehead atoms. The first-order chi connectivity index (χ1) is 8.61. The minimum atomic E-state index is -0.146. The number of rotatable bonds is 6. The molecule has 18 heavy (non-hydrogen) atoms. The lowest BCUT2D eigenvalue weighted by atomic mass is 10.1. The smallest absolute Gasteiger partial charge is 0.123 e. The summed E-state index contributed by atoms with van der Waals surface area (Å²) in [5.74, 6) is 0.562.